The number of anilines is 1. The molecule has 37 heavy (non-hydrogen) atoms. The summed E-state index contributed by atoms with van der Waals surface area (Å²) in [4.78, 5) is 44.1. The fourth-order valence-electron chi connectivity index (χ4n) is 4.99. The molecule has 0 unspecified atom stereocenters. The summed E-state index contributed by atoms with van der Waals surface area (Å²) in [6.45, 7) is 5.10. The zero-order chi connectivity index (χ0) is 26.9. The molecule has 1 aromatic carbocycles. The molecule has 1 aliphatic carbocycles. The highest BCUT2D eigenvalue weighted by Gasteiger charge is 2.36. The highest BCUT2D eigenvalue weighted by molar-refractivity contribution is 6.43. The monoisotopic (exact) mass is 506 g/mol. The molecule has 1 saturated carbocycles. The van der Waals surface area contributed by atoms with E-state index in [1.807, 2.05) is 6.92 Å². The quantitative estimate of drug-likeness (QED) is 0.344. The maximum absolute atomic E-state index is 13.7. The molecule has 0 saturated heterocycles. The normalized spacial score (nSPS) is 19.4. The van der Waals surface area contributed by atoms with Crippen molar-refractivity contribution in [3.8, 4) is 11.3 Å². The topological polar surface area (TPSA) is 113 Å². The summed E-state index contributed by atoms with van der Waals surface area (Å²) in [7, 11) is 1.64. The number of halogens is 1. The molecule has 4 rings (SSSR count). The molecule has 0 aliphatic heterocycles. The van der Waals surface area contributed by atoms with Crippen LogP contribution in [0, 0.1) is 19.7 Å². The number of aliphatic hydroxyl groups is 1. The maximum atomic E-state index is 13.7. The first kappa shape index (κ1) is 26.2. The minimum absolute atomic E-state index is 0.101. The van der Waals surface area contributed by atoms with Crippen LogP contribution in [0.3, 0.4) is 0 Å². The zero-order valence-corrected chi connectivity index (χ0v) is 21.4. The lowest BCUT2D eigenvalue weighted by molar-refractivity contribution is -0.119. The summed E-state index contributed by atoms with van der Waals surface area (Å²) < 4.78 is 15.3. The number of aliphatic hydroxyl groups excluding tert-OH is 1. The predicted molar refractivity (Wildman–Crippen MR) is 138 cm³/mol. The first-order valence-corrected chi connectivity index (χ1v) is 12.2. The van der Waals surface area contributed by atoms with E-state index in [9.17, 15) is 23.9 Å². The Morgan fingerprint density at radius 2 is 1.76 bits per heavy atom. The standard InChI is InChI=1S/C28H31FN4O4/c1-16-15-19(5-6-21(16)29)31-26(36)22-17(2)23(33(4)24(22)18-9-13-30-14-10-18)25(35)27(37)32-28(3)11-7-20(34)8-12-28/h5-6,9-10,13-15,20,34H,7-8,11-12H2,1-4H3,(H,31,36)(H,32,37). The van der Waals surface area contributed by atoms with Gasteiger partial charge >= 0.3 is 0 Å². The third-order valence-electron chi connectivity index (χ3n) is 7.13. The van der Waals surface area contributed by atoms with Crippen LogP contribution in [0.1, 0.15) is 64.6 Å². The largest absolute Gasteiger partial charge is 0.393 e. The summed E-state index contributed by atoms with van der Waals surface area (Å²) in [6.07, 6.45) is 4.98. The van der Waals surface area contributed by atoms with Gasteiger partial charge in [0.1, 0.15) is 5.82 Å². The van der Waals surface area contributed by atoms with Gasteiger partial charge in [0.2, 0.25) is 0 Å². The Morgan fingerprint density at radius 3 is 2.38 bits per heavy atom. The number of ketones is 1. The Hall–Kier alpha value is -3.85. The number of aryl methyl sites for hydroxylation is 1. The van der Waals surface area contributed by atoms with Gasteiger partial charge in [0.05, 0.1) is 23.1 Å². The van der Waals surface area contributed by atoms with Crippen molar-refractivity contribution in [3.63, 3.8) is 0 Å². The molecule has 3 aromatic rings. The van der Waals surface area contributed by atoms with Gasteiger partial charge in [-0.05, 0) is 87.9 Å². The molecule has 1 aliphatic rings. The lowest BCUT2D eigenvalue weighted by Gasteiger charge is -2.36. The van der Waals surface area contributed by atoms with Gasteiger partial charge in [-0.15, -0.1) is 0 Å². The minimum atomic E-state index is -0.759. The van der Waals surface area contributed by atoms with E-state index in [1.165, 1.54) is 18.2 Å². The predicted octanol–water partition coefficient (Wildman–Crippen LogP) is 4.09. The molecular weight excluding hydrogens is 475 g/mol. The third kappa shape index (κ3) is 5.32. The number of carbonyl (C=O) groups is 3. The second kappa shape index (κ2) is 10.3. The molecule has 8 nitrogen and oxygen atoms in total. The van der Waals surface area contributed by atoms with Crippen LogP contribution in [0.2, 0.25) is 0 Å². The van der Waals surface area contributed by atoms with Crippen LogP contribution in [0.15, 0.2) is 42.7 Å². The number of hydrogen-bond donors (Lipinski definition) is 3. The van der Waals surface area contributed by atoms with Crippen LogP contribution in [0.4, 0.5) is 10.1 Å². The summed E-state index contributed by atoms with van der Waals surface area (Å²) in [5.41, 5.74) is 1.99. The van der Waals surface area contributed by atoms with Gasteiger partial charge in [0.25, 0.3) is 17.6 Å². The summed E-state index contributed by atoms with van der Waals surface area (Å²) >= 11 is 0. The van der Waals surface area contributed by atoms with E-state index in [0.29, 0.717) is 53.8 Å². The van der Waals surface area contributed by atoms with Crippen molar-refractivity contribution in [2.45, 2.75) is 58.1 Å². The molecule has 2 aromatic heterocycles. The number of amides is 2. The third-order valence-corrected chi connectivity index (χ3v) is 7.13. The number of Topliss-reactive ketones (excluding diaryl/α,β-unsaturated/α-hetero) is 1. The molecule has 0 bridgehead atoms. The molecule has 194 valence electrons. The van der Waals surface area contributed by atoms with Crippen molar-refractivity contribution in [2.24, 2.45) is 7.05 Å². The molecule has 2 amide bonds. The van der Waals surface area contributed by atoms with E-state index in [4.69, 9.17) is 0 Å². The van der Waals surface area contributed by atoms with Gasteiger partial charge in [0.15, 0.2) is 0 Å². The summed E-state index contributed by atoms with van der Waals surface area (Å²) in [5.74, 6) is -2.38. The summed E-state index contributed by atoms with van der Waals surface area (Å²) in [5, 5.41) is 15.5. The van der Waals surface area contributed by atoms with Crippen molar-refractivity contribution >= 4 is 23.3 Å². The van der Waals surface area contributed by atoms with Crippen LogP contribution in [0.25, 0.3) is 11.3 Å². The number of carbonyl (C=O) groups excluding carboxylic acids is 3. The van der Waals surface area contributed by atoms with E-state index in [-0.39, 0.29) is 17.1 Å². The van der Waals surface area contributed by atoms with E-state index < -0.39 is 29.2 Å². The summed E-state index contributed by atoms with van der Waals surface area (Å²) in [6, 6.07) is 7.70. The van der Waals surface area contributed by atoms with Gasteiger partial charge in [-0.25, -0.2) is 4.39 Å². The fraction of sp³-hybridized carbons (Fsp3) is 0.357. The first-order chi connectivity index (χ1) is 17.5. The van der Waals surface area contributed by atoms with Crippen molar-refractivity contribution < 1.29 is 23.9 Å². The van der Waals surface area contributed by atoms with Crippen LogP contribution < -0.4 is 10.6 Å². The highest BCUT2D eigenvalue weighted by atomic mass is 19.1. The first-order valence-electron chi connectivity index (χ1n) is 12.2. The van der Waals surface area contributed by atoms with Crippen molar-refractivity contribution in [1.82, 2.24) is 14.9 Å². The Kier molecular flexibility index (Phi) is 7.27. The number of nitrogens with zero attached hydrogens (tertiary/aromatic N) is 2. The van der Waals surface area contributed by atoms with Crippen LogP contribution in [-0.4, -0.2) is 43.9 Å². The Bertz CT molecular complexity index is 1360. The zero-order valence-electron chi connectivity index (χ0n) is 21.4. The number of benzene rings is 1. The number of pyridine rings is 1. The van der Waals surface area contributed by atoms with Gasteiger partial charge < -0.3 is 20.3 Å². The van der Waals surface area contributed by atoms with Crippen molar-refractivity contribution in [2.75, 3.05) is 5.32 Å². The average molecular weight is 507 g/mol. The molecule has 9 heteroatoms. The van der Waals surface area contributed by atoms with Crippen LogP contribution in [-0.2, 0) is 11.8 Å². The van der Waals surface area contributed by atoms with E-state index in [1.54, 1.807) is 50.0 Å². The number of aromatic nitrogens is 2. The molecule has 1 fully saturated rings. The lowest BCUT2D eigenvalue weighted by atomic mass is 9.82. The number of hydrogen-bond acceptors (Lipinski definition) is 5. The maximum Gasteiger partial charge on any atom is 0.294 e. The Labute approximate surface area is 214 Å². The van der Waals surface area contributed by atoms with Gasteiger partial charge in [-0.1, -0.05) is 0 Å². The lowest BCUT2D eigenvalue weighted by Crippen LogP contribution is -2.51. The van der Waals surface area contributed by atoms with E-state index in [2.05, 4.69) is 15.6 Å². The Balaban J connectivity index is 1.72. The van der Waals surface area contributed by atoms with Crippen LogP contribution in [0.5, 0.6) is 0 Å². The van der Waals surface area contributed by atoms with Gasteiger partial charge in [-0.2, -0.15) is 0 Å². The second-order valence-electron chi connectivity index (χ2n) is 9.99. The van der Waals surface area contributed by atoms with E-state index in [0.717, 1.165) is 0 Å². The number of nitrogens with one attached hydrogen (secondary N) is 2. The molecule has 0 atom stereocenters. The fourth-order valence-corrected chi connectivity index (χ4v) is 4.99. The Morgan fingerprint density at radius 1 is 1.11 bits per heavy atom. The minimum Gasteiger partial charge on any atom is -0.393 e. The highest BCUT2D eigenvalue weighted by Crippen LogP contribution is 2.33. The molecule has 0 spiro atoms. The molecule has 0 radical (unpaired) electrons. The van der Waals surface area contributed by atoms with Crippen LogP contribution >= 0.6 is 0 Å². The molecule has 3 N–H and O–H groups in total. The van der Waals surface area contributed by atoms with Gasteiger partial charge in [-0.3, -0.25) is 19.4 Å². The van der Waals surface area contributed by atoms with Gasteiger partial charge in [0, 0.05) is 36.2 Å². The molecule has 2 heterocycles. The van der Waals surface area contributed by atoms with Crippen molar-refractivity contribution in [1.29, 1.82) is 0 Å². The van der Waals surface area contributed by atoms with Crippen molar-refractivity contribution in [3.05, 3.63) is 70.9 Å². The SMILES string of the molecule is Cc1cc(NC(=O)c2c(C)c(C(=O)C(=O)NC3(C)CCC(O)CC3)n(C)c2-c2ccncc2)ccc1F. The smallest absolute Gasteiger partial charge is 0.294 e. The molecular formula is C28H31FN4O4. The average Bonchev–Trinajstić information content (AvgIpc) is 3.13. The van der Waals surface area contributed by atoms with E-state index >= 15 is 0 Å². The second-order valence-corrected chi connectivity index (χ2v) is 9.99. The number of rotatable bonds is 6.